The molecule has 0 fully saturated rings. The van der Waals surface area contributed by atoms with Gasteiger partial charge in [-0.2, -0.15) is 0 Å². The average Bonchev–Trinajstić information content (AvgIpc) is 3.15. The van der Waals surface area contributed by atoms with Crippen LogP contribution < -0.4 is 4.74 Å². The number of carboxylic acids is 1. The van der Waals surface area contributed by atoms with Crippen LogP contribution in [0.25, 0.3) is 17.2 Å². The zero-order valence-electron chi connectivity index (χ0n) is 15.6. The molecular weight excluding hydrogens is 422 g/mol. The number of carboxylic acid groups (broad SMARTS) is 1. The quantitative estimate of drug-likeness (QED) is 0.271. The third kappa shape index (κ3) is 4.84. The average molecular weight is 438 g/mol. The van der Waals surface area contributed by atoms with Crippen LogP contribution >= 0.6 is 23.4 Å². The van der Waals surface area contributed by atoms with Crippen LogP contribution in [0.3, 0.4) is 0 Å². The van der Waals surface area contributed by atoms with Crippen molar-refractivity contribution >= 4 is 46.5 Å². The number of aromatic nitrogens is 1. The van der Waals surface area contributed by atoms with E-state index in [0.29, 0.717) is 34.0 Å². The van der Waals surface area contributed by atoms with E-state index in [0.717, 1.165) is 17.3 Å². The van der Waals surface area contributed by atoms with Crippen molar-refractivity contribution in [2.75, 3.05) is 0 Å². The summed E-state index contributed by atoms with van der Waals surface area (Å²) in [5, 5.41) is 10.6. The van der Waals surface area contributed by atoms with E-state index in [-0.39, 0.29) is 10.1 Å². The smallest absolute Gasteiger partial charge is 0.342 e. The van der Waals surface area contributed by atoms with E-state index >= 15 is 0 Å². The Morgan fingerprint density at radius 3 is 2.70 bits per heavy atom. The predicted molar refractivity (Wildman–Crippen MR) is 118 cm³/mol. The van der Waals surface area contributed by atoms with Crippen molar-refractivity contribution in [3.63, 3.8) is 0 Å². The first kappa shape index (κ1) is 20.1. The van der Waals surface area contributed by atoms with Crippen LogP contribution in [0.1, 0.15) is 11.1 Å². The second-order valence-corrected chi connectivity index (χ2v) is 7.75. The van der Waals surface area contributed by atoms with Crippen LogP contribution in [0, 0.1) is 0 Å². The molecule has 0 saturated heterocycles. The van der Waals surface area contributed by atoms with Crippen molar-refractivity contribution in [2.45, 2.75) is 11.8 Å². The molecule has 0 aliphatic heterocycles. The third-order valence-corrected chi connectivity index (χ3v) is 5.27. The van der Waals surface area contributed by atoms with E-state index in [1.165, 1.54) is 0 Å². The van der Waals surface area contributed by atoms with Crippen molar-refractivity contribution in [1.82, 2.24) is 4.98 Å². The topological polar surface area (TPSA) is 72.6 Å². The molecule has 0 amide bonds. The fourth-order valence-corrected chi connectivity index (χ4v) is 3.73. The summed E-state index contributed by atoms with van der Waals surface area (Å²) in [5.74, 6) is -0.513. The van der Waals surface area contributed by atoms with Gasteiger partial charge in [0.25, 0.3) is 5.22 Å². The Labute approximate surface area is 182 Å². The number of halogens is 1. The van der Waals surface area contributed by atoms with Gasteiger partial charge in [-0.25, -0.2) is 9.78 Å². The summed E-state index contributed by atoms with van der Waals surface area (Å²) in [6.45, 7) is 0.312. The number of carbonyl (C=O) groups is 1. The number of ether oxygens (including phenoxy) is 1. The molecule has 4 aromatic rings. The molecule has 0 radical (unpaired) electrons. The summed E-state index contributed by atoms with van der Waals surface area (Å²) < 4.78 is 11.5. The minimum absolute atomic E-state index is 0.0698. The molecule has 150 valence electrons. The van der Waals surface area contributed by atoms with E-state index < -0.39 is 5.97 Å². The van der Waals surface area contributed by atoms with Crippen molar-refractivity contribution < 1.29 is 19.1 Å². The molecule has 0 bridgehead atoms. The lowest BCUT2D eigenvalue weighted by Crippen LogP contribution is -1.99. The second-order valence-electron chi connectivity index (χ2n) is 6.32. The molecule has 0 aliphatic rings. The monoisotopic (exact) mass is 437 g/mol. The van der Waals surface area contributed by atoms with Gasteiger partial charge in [-0.05, 0) is 53.7 Å². The number of hydrogen-bond acceptors (Lipinski definition) is 5. The van der Waals surface area contributed by atoms with Crippen molar-refractivity contribution in [2.24, 2.45) is 0 Å². The molecule has 7 heteroatoms. The summed E-state index contributed by atoms with van der Waals surface area (Å²) >= 11 is 6.97. The Balaban J connectivity index is 1.58. The van der Waals surface area contributed by atoms with Gasteiger partial charge < -0.3 is 14.3 Å². The predicted octanol–water partition coefficient (Wildman–Crippen LogP) is 6.28. The first-order chi connectivity index (χ1) is 14.6. The van der Waals surface area contributed by atoms with Gasteiger partial charge in [0.2, 0.25) is 0 Å². The zero-order valence-corrected chi connectivity index (χ0v) is 17.2. The Bertz CT molecular complexity index is 1200. The summed E-state index contributed by atoms with van der Waals surface area (Å²) in [6.07, 6.45) is 1.55. The van der Waals surface area contributed by atoms with Crippen LogP contribution in [0.5, 0.6) is 5.75 Å². The number of aliphatic carboxylic acids is 1. The van der Waals surface area contributed by atoms with E-state index in [1.807, 2.05) is 48.5 Å². The highest BCUT2D eigenvalue weighted by Crippen LogP contribution is 2.32. The maximum atomic E-state index is 11.8. The number of benzene rings is 3. The van der Waals surface area contributed by atoms with Gasteiger partial charge in [0, 0.05) is 10.6 Å². The summed E-state index contributed by atoms with van der Waals surface area (Å²) in [4.78, 5) is 16.2. The Morgan fingerprint density at radius 2 is 1.90 bits per heavy atom. The fraction of sp³-hybridized carbons (Fsp3) is 0.0435. The summed E-state index contributed by atoms with van der Waals surface area (Å²) in [6, 6.07) is 21.9. The normalized spacial score (nSPS) is 11.6. The molecule has 30 heavy (non-hydrogen) atoms. The highest BCUT2D eigenvalue weighted by Gasteiger charge is 2.16. The Morgan fingerprint density at radius 1 is 1.10 bits per heavy atom. The van der Waals surface area contributed by atoms with Crippen LogP contribution in [0.15, 0.2) is 87.3 Å². The zero-order chi connectivity index (χ0) is 20.9. The molecule has 1 aromatic heterocycles. The van der Waals surface area contributed by atoms with Crippen LogP contribution in [-0.2, 0) is 11.4 Å². The van der Waals surface area contributed by atoms with Gasteiger partial charge in [-0.3, -0.25) is 0 Å². The molecule has 1 heterocycles. The first-order valence-electron chi connectivity index (χ1n) is 9.03. The lowest BCUT2D eigenvalue weighted by atomic mass is 10.2. The number of para-hydroxylation sites is 3. The molecule has 3 aromatic carbocycles. The second kappa shape index (κ2) is 9.07. The third-order valence-electron chi connectivity index (χ3n) is 4.17. The van der Waals surface area contributed by atoms with E-state index in [2.05, 4.69) is 4.98 Å². The lowest BCUT2D eigenvalue weighted by Gasteiger charge is -2.10. The molecule has 5 nitrogen and oxygen atoms in total. The van der Waals surface area contributed by atoms with Gasteiger partial charge >= 0.3 is 5.97 Å². The molecule has 0 saturated carbocycles. The standard InChI is InChI=1S/C23H16ClNO4S/c24-17-8-5-6-15(12-17)14-28-19-10-3-1-7-16(19)13-21(22(26)27)30-23-25-18-9-2-4-11-20(18)29-23/h1-13H,14H2,(H,26,27)/b21-13-. The van der Waals surface area contributed by atoms with Crippen molar-refractivity contribution in [1.29, 1.82) is 0 Å². The summed E-state index contributed by atoms with van der Waals surface area (Å²) in [5.41, 5.74) is 2.84. The molecule has 4 rings (SSSR count). The Kier molecular flexibility index (Phi) is 6.07. The Hall–Kier alpha value is -3.22. The molecule has 0 aliphatic carbocycles. The fourth-order valence-electron chi connectivity index (χ4n) is 2.78. The first-order valence-corrected chi connectivity index (χ1v) is 10.2. The van der Waals surface area contributed by atoms with Gasteiger partial charge in [-0.15, -0.1) is 0 Å². The van der Waals surface area contributed by atoms with Crippen molar-refractivity contribution in [3.8, 4) is 5.75 Å². The van der Waals surface area contributed by atoms with Gasteiger partial charge in [0.15, 0.2) is 5.58 Å². The minimum atomic E-state index is -1.08. The van der Waals surface area contributed by atoms with Gasteiger partial charge in [0.1, 0.15) is 22.8 Å². The SMILES string of the molecule is O=C(O)/C(=C/c1ccccc1OCc1cccc(Cl)c1)Sc1nc2ccccc2o1. The highest BCUT2D eigenvalue weighted by atomic mass is 35.5. The molecule has 0 unspecified atom stereocenters. The molecule has 1 N–H and O–H groups in total. The molecule has 0 spiro atoms. The lowest BCUT2D eigenvalue weighted by molar-refractivity contribution is -0.131. The molecular formula is C23H16ClNO4S. The van der Waals surface area contributed by atoms with E-state index in [4.69, 9.17) is 20.8 Å². The van der Waals surface area contributed by atoms with Crippen molar-refractivity contribution in [3.05, 3.63) is 93.9 Å². The van der Waals surface area contributed by atoms with E-state index in [9.17, 15) is 9.90 Å². The van der Waals surface area contributed by atoms with Gasteiger partial charge in [-0.1, -0.05) is 54.1 Å². The highest BCUT2D eigenvalue weighted by molar-refractivity contribution is 8.03. The van der Waals surface area contributed by atoms with Crippen LogP contribution in [0.4, 0.5) is 0 Å². The maximum Gasteiger partial charge on any atom is 0.342 e. The van der Waals surface area contributed by atoms with Crippen LogP contribution in [0.2, 0.25) is 5.02 Å². The maximum absolute atomic E-state index is 11.8. The largest absolute Gasteiger partial charge is 0.488 e. The number of rotatable bonds is 7. The molecule has 0 atom stereocenters. The number of nitrogens with zero attached hydrogens (tertiary/aromatic N) is 1. The summed E-state index contributed by atoms with van der Waals surface area (Å²) in [7, 11) is 0. The number of oxazole rings is 1. The minimum Gasteiger partial charge on any atom is -0.488 e. The number of fused-ring (bicyclic) bond motifs is 1. The number of thioether (sulfide) groups is 1. The van der Waals surface area contributed by atoms with Crippen LogP contribution in [-0.4, -0.2) is 16.1 Å². The van der Waals surface area contributed by atoms with E-state index in [1.54, 1.807) is 30.3 Å². The van der Waals surface area contributed by atoms with Gasteiger partial charge in [0.05, 0.1) is 0 Å². The number of hydrogen-bond donors (Lipinski definition) is 1.